The summed E-state index contributed by atoms with van der Waals surface area (Å²) >= 11 is 0. The summed E-state index contributed by atoms with van der Waals surface area (Å²) in [5.41, 5.74) is 0. The first-order chi connectivity index (χ1) is 22.8. The highest BCUT2D eigenvalue weighted by molar-refractivity contribution is 5.76. The quantitative estimate of drug-likeness (QED) is 0.0357. The van der Waals surface area contributed by atoms with Gasteiger partial charge in [0, 0.05) is 6.42 Å². The first-order valence-corrected chi connectivity index (χ1v) is 19.4. The molecule has 0 radical (unpaired) electrons. The number of carbonyl (C=O) groups excluding carboxylic acids is 1. The molecule has 1 fully saturated rings. The number of hydrogen-bond acceptors (Lipinski definition) is 8. The molecule has 1 amide bonds. The molecule has 7 unspecified atom stereocenters. The van der Waals surface area contributed by atoms with Crippen LogP contribution in [0.5, 0.6) is 0 Å². The molecule has 0 aromatic rings. The van der Waals surface area contributed by atoms with Crippen molar-refractivity contribution in [2.24, 2.45) is 0 Å². The molecule has 0 saturated carbocycles. The van der Waals surface area contributed by atoms with Gasteiger partial charge in [0.05, 0.1) is 25.4 Å². The molecular weight excluding hydrogens is 598 g/mol. The van der Waals surface area contributed by atoms with Gasteiger partial charge in [-0.2, -0.15) is 0 Å². The molecular formula is C38H73NO8. The Morgan fingerprint density at radius 1 is 0.702 bits per heavy atom. The van der Waals surface area contributed by atoms with Crippen molar-refractivity contribution >= 4 is 5.91 Å². The van der Waals surface area contributed by atoms with Crippen LogP contribution in [0.4, 0.5) is 0 Å². The number of allylic oxidation sites excluding steroid dienone is 2. The van der Waals surface area contributed by atoms with Gasteiger partial charge in [-0.15, -0.1) is 0 Å². The maximum atomic E-state index is 12.9. The van der Waals surface area contributed by atoms with Crippen LogP contribution < -0.4 is 5.32 Å². The summed E-state index contributed by atoms with van der Waals surface area (Å²) in [6, 6.07) is -0.716. The van der Waals surface area contributed by atoms with Crippen molar-refractivity contribution in [3.63, 3.8) is 0 Å². The smallest absolute Gasteiger partial charge is 0.220 e. The van der Waals surface area contributed by atoms with Crippen LogP contribution in [0.25, 0.3) is 0 Å². The summed E-state index contributed by atoms with van der Waals surface area (Å²) in [4.78, 5) is 12.9. The second-order valence-corrected chi connectivity index (χ2v) is 13.7. The zero-order valence-electron chi connectivity index (χ0n) is 30.0. The summed E-state index contributed by atoms with van der Waals surface area (Å²) in [5, 5.41) is 54.0. The van der Waals surface area contributed by atoms with E-state index >= 15 is 0 Å². The number of ether oxygens (including phenoxy) is 2. The lowest BCUT2D eigenvalue weighted by Gasteiger charge is -2.40. The molecule has 1 aliphatic rings. The van der Waals surface area contributed by atoms with Crippen molar-refractivity contribution in [1.82, 2.24) is 5.32 Å². The van der Waals surface area contributed by atoms with Crippen LogP contribution in [0.15, 0.2) is 12.2 Å². The van der Waals surface area contributed by atoms with E-state index in [-0.39, 0.29) is 12.5 Å². The molecule has 9 nitrogen and oxygen atoms in total. The maximum Gasteiger partial charge on any atom is 0.220 e. The number of nitrogens with one attached hydrogen (secondary N) is 1. The number of aliphatic hydroxyl groups is 5. The van der Waals surface area contributed by atoms with Crippen molar-refractivity contribution in [3.8, 4) is 0 Å². The Balaban J connectivity index is 2.42. The molecule has 6 N–H and O–H groups in total. The van der Waals surface area contributed by atoms with Crippen LogP contribution in [-0.2, 0) is 14.3 Å². The highest BCUT2D eigenvalue weighted by Crippen LogP contribution is 2.23. The third-order valence-electron chi connectivity index (χ3n) is 9.37. The van der Waals surface area contributed by atoms with E-state index in [4.69, 9.17) is 9.47 Å². The van der Waals surface area contributed by atoms with E-state index in [1.165, 1.54) is 89.9 Å². The van der Waals surface area contributed by atoms with E-state index in [9.17, 15) is 30.3 Å². The van der Waals surface area contributed by atoms with E-state index in [0.717, 1.165) is 51.4 Å². The number of unbranched alkanes of at least 4 members (excludes halogenated alkanes) is 19. The van der Waals surface area contributed by atoms with Gasteiger partial charge in [0.15, 0.2) is 6.29 Å². The number of amides is 1. The Morgan fingerprint density at radius 2 is 1.19 bits per heavy atom. The predicted octanol–water partition coefficient (Wildman–Crippen LogP) is 6.61. The average Bonchev–Trinajstić information content (AvgIpc) is 3.07. The molecule has 0 aliphatic carbocycles. The fraction of sp³-hybridized carbons (Fsp3) is 0.921. The Bertz CT molecular complexity index is 751. The number of hydrogen-bond donors (Lipinski definition) is 6. The second kappa shape index (κ2) is 29.8. The van der Waals surface area contributed by atoms with Crippen molar-refractivity contribution in [3.05, 3.63) is 12.2 Å². The van der Waals surface area contributed by atoms with Crippen LogP contribution in [0.1, 0.15) is 168 Å². The van der Waals surface area contributed by atoms with Gasteiger partial charge < -0.3 is 40.3 Å². The Morgan fingerprint density at radius 3 is 1.72 bits per heavy atom. The van der Waals surface area contributed by atoms with Crippen molar-refractivity contribution in [1.29, 1.82) is 0 Å². The van der Waals surface area contributed by atoms with Gasteiger partial charge >= 0.3 is 0 Å². The molecule has 1 rings (SSSR count). The highest BCUT2D eigenvalue weighted by Gasteiger charge is 2.44. The zero-order chi connectivity index (χ0) is 34.5. The third kappa shape index (κ3) is 21.6. The first kappa shape index (κ1) is 44.0. The fourth-order valence-corrected chi connectivity index (χ4v) is 6.15. The minimum Gasteiger partial charge on any atom is -0.394 e. The Kier molecular flexibility index (Phi) is 27.9. The fourth-order valence-electron chi connectivity index (χ4n) is 6.15. The molecule has 0 aromatic carbocycles. The lowest BCUT2D eigenvalue weighted by molar-refractivity contribution is -0.302. The minimum atomic E-state index is -1.55. The Hall–Kier alpha value is -1.07. The molecule has 1 saturated heterocycles. The third-order valence-corrected chi connectivity index (χ3v) is 9.37. The monoisotopic (exact) mass is 672 g/mol. The van der Waals surface area contributed by atoms with Gasteiger partial charge in [-0.05, 0) is 38.5 Å². The molecule has 7 atom stereocenters. The highest BCUT2D eigenvalue weighted by atomic mass is 16.7. The molecule has 1 aliphatic heterocycles. The Labute approximate surface area is 286 Å². The van der Waals surface area contributed by atoms with Gasteiger partial charge in [-0.1, -0.05) is 135 Å². The van der Waals surface area contributed by atoms with Crippen LogP contribution in [0.2, 0.25) is 0 Å². The molecule has 9 heteroatoms. The zero-order valence-corrected chi connectivity index (χ0v) is 30.0. The average molecular weight is 672 g/mol. The van der Waals surface area contributed by atoms with Crippen LogP contribution in [0, 0.1) is 0 Å². The van der Waals surface area contributed by atoms with E-state index < -0.39 is 49.5 Å². The standard InChI is InChI=1S/C38H73NO8/c1-3-5-7-9-11-13-15-16-17-18-20-22-24-26-28-34(42)39-31(30-46-38-37(45)36(44)35(43)33(29-40)47-38)32(41)27-25-23-21-19-14-12-10-8-6-4-2/h15-16,31-33,35-38,40-41,43-45H,3-14,17-30H2,1-2H3,(H,39,42)/b16-15-. The number of carbonyl (C=O) groups is 1. The lowest BCUT2D eigenvalue weighted by atomic mass is 9.99. The normalized spacial score (nSPS) is 22.9. The van der Waals surface area contributed by atoms with Gasteiger partial charge in [-0.3, -0.25) is 4.79 Å². The molecule has 47 heavy (non-hydrogen) atoms. The molecule has 0 bridgehead atoms. The largest absolute Gasteiger partial charge is 0.394 e. The molecule has 278 valence electrons. The topological polar surface area (TPSA) is 149 Å². The molecule has 0 spiro atoms. The van der Waals surface area contributed by atoms with Crippen LogP contribution in [0.3, 0.4) is 0 Å². The summed E-state index contributed by atoms with van der Waals surface area (Å²) in [7, 11) is 0. The number of aliphatic hydroxyl groups excluding tert-OH is 5. The SMILES string of the molecule is CCCCCCC/C=C\CCCCCCCC(=O)NC(COC1OC(CO)C(O)C(O)C1O)C(O)CCCCCCCCCCCC. The van der Waals surface area contributed by atoms with E-state index in [2.05, 4.69) is 31.3 Å². The van der Waals surface area contributed by atoms with Gasteiger partial charge in [0.1, 0.15) is 24.4 Å². The maximum absolute atomic E-state index is 12.9. The van der Waals surface area contributed by atoms with Gasteiger partial charge in [-0.25, -0.2) is 0 Å². The lowest BCUT2D eigenvalue weighted by Crippen LogP contribution is -2.60. The van der Waals surface area contributed by atoms with E-state index in [1.807, 2.05) is 0 Å². The van der Waals surface area contributed by atoms with Crippen molar-refractivity contribution in [2.75, 3.05) is 13.2 Å². The predicted molar refractivity (Wildman–Crippen MR) is 189 cm³/mol. The first-order valence-electron chi connectivity index (χ1n) is 19.4. The van der Waals surface area contributed by atoms with Crippen molar-refractivity contribution < 1.29 is 39.8 Å². The number of rotatable bonds is 31. The summed E-state index contributed by atoms with van der Waals surface area (Å²) in [6.07, 6.45) is 23.6. The van der Waals surface area contributed by atoms with Crippen LogP contribution in [-0.4, -0.2) is 87.5 Å². The van der Waals surface area contributed by atoms with Crippen molar-refractivity contribution in [2.45, 2.75) is 211 Å². The molecule has 1 heterocycles. The second-order valence-electron chi connectivity index (χ2n) is 13.7. The van der Waals surface area contributed by atoms with Crippen LogP contribution >= 0.6 is 0 Å². The molecule has 0 aromatic heterocycles. The van der Waals surface area contributed by atoms with E-state index in [0.29, 0.717) is 12.8 Å². The van der Waals surface area contributed by atoms with Gasteiger partial charge in [0.2, 0.25) is 5.91 Å². The van der Waals surface area contributed by atoms with E-state index in [1.54, 1.807) is 0 Å². The summed E-state index contributed by atoms with van der Waals surface area (Å²) in [5.74, 6) is -0.156. The summed E-state index contributed by atoms with van der Waals surface area (Å²) in [6.45, 7) is 3.78. The van der Waals surface area contributed by atoms with Gasteiger partial charge in [0.25, 0.3) is 0 Å². The summed E-state index contributed by atoms with van der Waals surface area (Å²) < 4.78 is 11.2. The minimum absolute atomic E-state index is 0.139.